The van der Waals surface area contributed by atoms with E-state index in [4.69, 9.17) is 0 Å². The molecule has 2 nitrogen and oxygen atoms in total. The third-order valence-electron chi connectivity index (χ3n) is 3.65. The van der Waals surface area contributed by atoms with Crippen LogP contribution in [-0.2, 0) is 10.5 Å². The van der Waals surface area contributed by atoms with Crippen LogP contribution in [0.15, 0.2) is 54.6 Å². The standard InChI is InChI=1S/C19H23NOS/c1-14-9-11-18(12-10-14)15(2)20-19(21)16(3)22-13-17-7-5-4-6-8-17/h4-12,15-16H,13H2,1-3H3,(H,20,21)/t15-,16-/m0/s1. The number of nitrogens with one attached hydrogen (secondary N) is 1. The molecule has 0 aliphatic rings. The molecule has 0 aliphatic carbocycles. The van der Waals surface area contributed by atoms with E-state index < -0.39 is 0 Å². The Morgan fingerprint density at radius 3 is 2.32 bits per heavy atom. The zero-order valence-electron chi connectivity index (χ0n) is 13.4. The molecule has 0 aliphatic heterocycles. The summed E-state index contributed by atoms with van der Waals surface area (Å²) in [5.41, 5.74) is 3.62. The smallest absolute Gasteiger partial charge is 0.233 e. The maximum Gasteiger partial charge on any atom is 0.233 e. The molecule has 2 aromatic carbocycles. The van der Waals surface area contributed by atoms with Gasteiger partial charge < -0.3 is 5.32 Å². The van der Waals surface area contributed by atoms with E-state index in [2.05, 4.69) is 48.6 Å². The van der Waals surface area contributed by atoms with Gasteiger partial charge in [-0.2, -0.15) is 0 Å². The zero-order valence-corrected chi connectivity index (χ0v) is 14.2. The number of thioether (sulfide) groups is 1. The first-order chi connectivity index (χ1) is 10.6. The monoisotopic (exact) mass is 313 g/mol. The first kappa shape index (κ1) is 16.6. The third-order valence-corrected chi connectivity index (χ3v) is 4.86. The molecule has 1 amide bonds. The summed E-state index contributed by atoms with van der Waals surface area (Å²) in [6.45, 7) is 6.05. The van der Waals surface area contributed by atoms with Gasteiger partial charge in [0, 0.05) is 5.75 Å². The molecule has 2 rings (SSSR count). The summed E-state index contributed by atoms with van der Waals surface area (Å²) in [5, 5.41) is 3.03. The van der Waals surface area contributed by atoms with Crippen LogP contribution in [0, 0.1) is 6.92 Å². The Bertz CT molecular complexity index is 595. The summed E-state index contributed by atoms with van der Waals surface area (Å²) in [6, 6.07) is 18.6. The molecule has 3 heteroatoms. The Kier molecular flexibility index (Phi) is 6.08. The Labute approximate surface area is 137 Å². The number of carbonyl (C=O) groups is 1. The minimum atomic E-state index is -0.0619. The van der Waals surface area contributed by atoms with Crippen LogP contribution >= 0.6 is 11.8 Å². The van der Waals surface area contributed by atoms with Gasteiger partial charge >= 0.3 is 0 Å². The van der Waals surface area contributed by atoms with Gasteiger partial charge in [0.05, 0.1) is 11.3 Å². The average Bonchev–Trinajstić information content (AvgIpc) is 2.54. The van der Waals surface area contributed by atoms with Gasteiger partial charge in [0.2, 0.25) is 5.91 Å². The van der Waals surface area contributed by atoms with Crippen LogP contribution in [0.1, 0.15) is 36.6 Å². The third kappa shape index (κ3) is 4.92. The second-order valence-electron chi connectivity index (χ2n) is 5.58. The van der Waals surface area contributed by atoms with Crippen molar-refractivity contribution in [1.29, 1.82) is 0 Å². The summed E-state index contributed by atoms with van der Waals surface area (Å²) in [4.78, 5) is 12.3. The van der Waals surface area contributed by atoms with Crippen LogP contribution in [0.5, 0.6) is 0 Å². The van der Waals surface area contributed by atoms with Crippen LogP contribution in [0.2, 0.25) is 0 Å². The van der Waals surface area contributed by atoms with Crippen molar-refractivity contribution < 1.29 is 4.79 Å². The van der Waals surface area contributed by atoms with Crippen molar-refractivity contribution in [1.82, 2.24) is 5.32 Å². The molecule has 1 N–H and O–H groups in total. The first-order valence-electron chi connectivity index (χ1n) is 7.58. The highest BCUT2D eigenvalue weighted by molar-refractivity contribution is 7.99. The Morgan fingerprint density at radius 1 is 1.05 bits per heavy atom. The molecule has 0 saturated carbocycles. The van der Waals surface area contributed by atoms with Crippen molar-refractivity contribution in [3.8, 4) is 0 Å². The molecule has 0 spiro atoms. The summed E-state index contributed by atoms with van der Waals surface area (Å²) >= 11 is 1.67. The molecular weight excluding hydrogens is 290 g/mol. The van der Waals surface area contributed by atoms with Crippen LogP contribution < -0.4 is 5.32 Å². The maximum absolute atomic E-state index is 12.3. The quantitative estimate of drug-likeness (QED) is 0.851. The predicted octanol–water partition coefficient (Wildman–Crippen LogP) is 4.49. The molecule has 0 aromatic heterocycles. The highest BCUT2D eigenvalue weighted by atomic mass is 32.2. The molecule has 0 saturated heterocycles. The van der Waals surface area contributed by atoms with Crippen molar-refractivity contribution in [2.45, 2.75) is 37.8 Å². The van der Waals surface area contributed by atoms with Gasteiger partial charge in [-0.05, 0) is 31.9 Å². The van der Waals surface area contributed by atoms with Crippen molar-refractivity contribution in [2.24, 2.45) is 0 Å². The summed E-state index contributed by atoms with van der Waals surface area (Å²) in [6.07, 6.45) is 0. The first-order valence-corrected chi connectivity index (χ1v) is 8.63. The zero-order chi connectivity index (χ0) is 15.9. The van der Waals surface area contributed by atoms with Gasteiger partial charge in [-0.25, -0.2) is 0 Å². The highest BCUT2D eigenvalue weighted by Crippen LogP contribution is 2.19. The molecular formula is C19H23NOS. The summed E-state index contributed by atoms with van der Waals surface area (Å²) in [7, 11) is 0. The number of rotatable bonds is 6. The molecule has 22 heavy (non-hydrogen) atoms. The predicted molar refractivity (Wildman–Crippen MR) is 94.9 cm³/mol. The fourth-order valence-corrected chi connectivity index (χ4v) is 2.99. The minimum absolute atomic E-state index is 0.0351. The van der Waals surface area contributed by atoms with E-state index in [0.29, 0.717) is 0 Å². The maximum atomic E-state index is 12.3. The number of hydrogen-bond donors (Lipinski definition) is 1. The molecule has 0 heterocycles. The van der Waals surface area contributed by atoms with E-state index in [1.165, 1.54) is 11.1 Å². The fraction of sp³-hybridized carbons (Fsp3) is 0.316. The number of amides is 1. The molecule has 0 fully saturated rings. The van der Waals surface area contributed by atoms with Crippen molar-refractivity contribution in [2.75, 3.05) is 0 Å². The SMILES string of the molecule is Cc1ccc([C@H](C)NC(=O)[C@H](C)SCc2ccccc2)cc1. The fourth-order valence-electron chi connectivity index (χ4n) is 2.14. The van der Waals surface area contributed by atoms with Crippen LogP contribution in [0.25, 0.3) is 0 Å². The highest BCUT2D eigenvalue weighted by Gasteiger charge is 2.16. The van der Waals surface area contributed by atoms with Crippen LogP contribution in [0.3, 0.4) is 0 Å². The van der Waals surface area contributed by atoms with Crippen molar-refractivity contribution in [3.05, 3.63) is 71.3 Å². The number of carbonyl (C=O) groups excluding carboxylic acids is 1. The van der Waals surface area contributed by atoms with E-state index in [0.717, 1.165) is 11.3 Å². The molecule has 116 valence electrons. The lowest BCUT2D eigenvalue weighted by molar-refractivity contribution is -0.120. The normalized spacial score (nSPS) is 13.4. The Hall–Kier alpha value is -1.74. The Balaban J connectivity index is 1.84. The van der Waals surface area contributed by atoms with Gasteiger partial charge in [0.1, 0.15) is 0 Å². The summed E-state index contributed by atoms with van der Waals surface area (Å²) in [5.74, 6) is 0.947. The second kappa shape index (κ2) is 8.04. The summed E-state index contributed by atoms with van der Waals surface area (Å²) < 4.78 is 0. The second-order valence-corrected chi connectivity index (χ2v) is 6.91. The average molecular weight is 313 g/mol. The number of hydrogen-bond acceptors (Lipinski definition) is 2. The lowest BCUT2D eigenvalue weighted by Gasteiger charge is -2.18. The molecule has 0 radical (unpaired) electrons. The van der Waals surface area contributed by atoms with Gasteiger partial charge in [-0.1, -0.05) is 60.2 Å². The molecule has 0 unspecified atom stereocenters. The van der Waals surface area contributed by atoms with Crippen molar-refractivity contribution >= 4 is 17.7 Å². The topological polar surface area (TPSA) is 29.1 Å². The Morgan fingerprint density at radius 2 is 1.68 bits per heavy atom. The largest absolute Gasteiger partial charge is 0.349 e. The lowest BCUT2D eigenvalue weighted by Crippen LogP contribution is -2.33. The van der Waals surface area contributed by atoms with Gasteiger partial charge in [-0.15, -0.1) is 11.8 Å². The van der Waals surface area contributed by atoms with Crippen LogP contribution in [-0.4, -0.2) is 11.2 Å². The van der Waals surface area contributed by atoms with Gasteiger partial charge in [-0.3, -0.25) is 4.79 Å². The van der Waals surface area contributed by atoms with Crippen LogP contribution in [0.4, 0.5) is 0 Å². The molecule has 2 aromatic rings. The van der Waals surface area contributed by atoms with Gasteiger partial charge in [0.25, 0.3) is 0 Å². The van der Waals surface area contributed by atoms with E-state index in [1.54, 1.807) is 11.8 Å². The van der Waals surface area contributed by atoms with E-state index >= 15 is 0 Å². The van der Waals surface area contributed by atoms with E-state index in [1.807, 2.05) is 32.0 Å². The van der Waals surface area contributed by atoms with E-state index in [-0.39, 0.29) is 17.2 Å². The molecule has 0 bridgehead atoms. The van der Waals surface area contributed by atoms with Gasteiger partial charge in [0.15, 0.2) is 0 Å². The number of aryl methyl sites for hydroxylation is 1. The number of benzene rings is 2. The minimum Gasteiger partial charge on any atom is -0.349 e. The van der Waals surface area contributed by atoms with Crippen molar-refractivity contribution in [3.63, 3.8) is 0 Å². The lowest BCUT2D eigenvalue weighted by atomic mass is 10.1. The molecule has 2 atom stereocenters. The van der Waals surface area contributed by atoms with E-state index in [9.17, 15) is 4.79 Å².